The van der Waals surface area contributed by atoms with E-state index in [9.17, 15) is 27.6 Å². The summed E-state index contributed by atoms with van der Waals surface area (Å²) in [5.74, 6) is -3.65. The number of carbonyl (C=O) groups is 4. The average molecular weight is 388 g/mol. The molecule has 0 radical (unpaired) electrons. The van der Waals surface area contributed by atoms with Crippen LogP contribution in [0.2, 0.25) is 0 Å². The summed E-state index contributed by atoms with van der Waals surface area (Å²) in [5, 5.41) is 13.8. The Labute approximate surface area is 140 Å². The molecule has 23 heavy (non-hydrogen) atoms. The minimum Gasteiger partial charge on any atom is -0.481 e. The minimum atomic E-state index is -4.89. The highest BCUT2D eigenvalue weighted by Gasteiger charge is 2.38. The van der Waals surface area contributed by atoms with Crippen molar-refractivity contribution in [3.8, 4) is 0 Å². The lowest BCUT2D eigenvalue weighted by molar-refractivity contribution is -0.134. The van der Waals surface area contributed by atoms with E-state index in [-0.39, 0.29) is 23.0 Å². The van der Waals surface area contributed by atoms with Crippen molar-refractivity contribution in [1.82, 2.24) is 0 Å². The van der Waals surface area contributed by atoms with Gasteiger partial charge in [0.1, 0.15) is 0 Å². The third-order valence-corrected chi connectivity index (χ3v) is 5.94. The fraction of sp³-hybridized carbons (Fsp3) is 0.600. The van der Waals surface area contributed by atoms with Crippen LogP contribution in [0.1, 0.15) is 0 Å². The van der Waals surface area contributed by atoms with E-state index in [1.165, 1.54) is 0 Å². The molecule has 0 bridgehead atoms. The smallest absolute Gasteiger partial charge is 0.313 e. The van der Waals surface area contributed by atoms with Crippen molar-refractivity contribution in [2.24, 2.45) is 11.5 Å². The van der Waals surface area contributed by atoms with Crippen molar-refractivity contribution in [2.45, 2.75) is 12.1 Å². The molecule has 0 aromatic carbocycles. The molecule has 13 heteroatoms. The number of nitrogens with two attached hydrogens (primary N) is 2. The van der Waals surface area contributed by atoms with Crippen LogP contribution in [0.3, 0.4) is 0 Å². The number of rotatable bonds is 10. The molecule has 132 valence electrons. The second kappa shape index (κ2) is 9.87. The van der Waals surface area contributed by atoms with Gasteiger partial charge in [-0.15, -0.1) is 23.5 Å². The summed E-state index contributed by atoms with van der Waals surface area (Å²) in [6.07, 6.45) is 0. The van der Waals surface area contributed by atoms with E-state index in [4.69, 9.17) is 21.7 Å². The van der Waals surface area contributed by atoms with Gasteiger partial charge in [-0.3, -0.25) is 19.2 Å². The highest BCUT2D eigenvalue weighted by atomic mass is 32.2. The van der Waals surface area contributed by atoms with E-state index < -0.39 is 44.1 Å². The molecule has 0 saturated heterocycles. The van der Waals surface area contributed by atoms with Gasteiger partial charge in [0.25, 0.3) is 20.1 Å². The predicted molar refractivity (Wildman–Crippen MR) is 84.8 cm³/mol. The summed E-state index contributed by atoms with van der Waals surface area (Å²) < 4.78 is 23.6. The average Bonchev–Trinajstić information content (AvgIpc) is 2.44. The molecule has 0 saturated carbocycles. The molecule has 0 aliphatic carbocycles. The van der Waals surface area contributed by atoms with Gasteiger partial charge in [-0.25, -0.2) is 8.42 Å². The summed E-state index contributed by atoms with van der Waals surface area (Å²) in [6, 6.07) is -3.13. The molecule has 0 aromatic rings. The van der Waals surface area contributed by atoms with Crippen LogP contribution in [0.15, 0.2) is 0 Å². The number of hydrogen-bond acceptors (Lipinski definition) is 10. The third kappa shape index (κ3) is 7.78. The van der Waals surface area contributed by atoms with Gasteiger partial charge in [-0.1, -0.05) is 0 Å². The van der Waals surface area contributed by atoms with Gasteiger partial charge >= 0.3 is 11.9 Å². The van der Waals surface area contributed by atoms with E-state index in [0.717, 1.165) is 23.5 Å². The monoisotopic (exact) mass is 388 g/mol. The van der Waals surface area contributed by atoms with Crippen molar-refractivity contribution in [2.75, 3.05) is 23.0 Å². The summed E-state index contributed by atoms with van der Waals surface area (Å²) in [7, 11) is -4.89. The standard InChI is InChI=1S/C10H16N2O8S3/c11-5(1-21-3-7(13)14)9(17)23(19,20)10(18)6(12)2-22-4-8(15)16/h5-6H,1-4,11-12H2,(H,13,14)(H,15,16)/t5-,6-/m0/s1. The van der Waals surface area contributed by atoms with Gasteiger partial charge in [0, 0.05) is 11.5 Å². The van der Waals surface area contributed by atoms with Crippen molar-refractivity contribution in [1.29, 1.82) is 0 Å². The molecule has 0 rings (SSSR count). The highest BCUT2D eigenvalue weighted by Crippen LogP contribution is 2.10. The normalized spacial score (nSPS) is 14.0. The Morgan fingerprint density at radius 2 is 1.13 bits per heavy atom. The largest absolute Gasteiger partial charge is 0.481 e. The molecule has 6 N–H and O–H groups in total. The molecule has 0 amide bonds. The first-order chi connectivity index (χ1) is 10.5. The van der Waals surface area contributed by atoms with Crippen LogP contribution in [-0.2, 0) is 29.0 Å². The van der Waals surface area contributed by atoms with Gasteiger partial charge in [-0.05, 0) is 0 Å². The van der Waals surface area contributed by atoms with Crippen LogP contribution in [0.25, 0.3) is 0 Å². The maximum Gasteiger partial charge on any atom is 0.313 e. The first-order valence-electron chi connectivity index (χ1n) is 5.93. The zero-order valence-corrected chi connectivity index (χ0v) is 14.2. The molecule has 0 heterocycles. The molecule has 0 aliphatic rings. The van der Waals surface area contributed by atoms with E-state index in [1.54, 1.807) is 0 Å². The topological polar surface area (TPSA) is 195 Å². The Balaban J connectivity index is 4.68. The number of aliphatic carboxylic acids is 2. The Morgan fingerprint density at radius 1 is 0.826 bits per heavy atom. The molecule has 0 spiro atoms. The highest BCUT2D eigenvalue weighted by molar-refractivity contribution is 8.19. The second-order valence-corrected chi connectivity index (χ2v) is 8.04. The molecule has 0 aromatic heterocycles. The fourth-order valence-corrected chi connectivity index (χ4v) is 3.95. The maximum absolute atomic E-state index is 11.8. The maximum atomic E-state index is 11.8. The Hall–Kier alpha value is -1.15. The zero-order chi connectivity index (χ0) is 18.2. The number of carbonyl (C=O) groups excluding carboxylic acids is 2. The summed E-state index contributed by atoms with van der Waals surface area (Å²) in [6.45, 7) is 0. The molecule has 0 fully saturated rings. The molecule has 2 atom stereocenters. The van der Waals surface area contributed by atoms with Crippen LogP contribution < -0.4 is 11.5 Å². The van der Waals surface area contributed by atoms with Crippen molar-refractivity contribution < 1.29 is 37.8 Å². The van der Waals surface area contributed by atoms with Crippen LogP contribution in [0.5, 0.6) is 0 Å². The Kier molecular flexibility index (Phi) is 9.38. The fourth-order valence-electron chi connectivity index (χ4n) is 1.18. The Morgan fingerprint density at radius 3 is 1.39 bits per heavy atom. The molecule has 0 unspecified atom stereocenters. The number of carboxylic acids is 2. The van der Waals surface area contributed by atoms with Crippen LogP contribution in [0.4, 0.5) is 0 Å². The van der Waals surface area contributed by atoms with Gasteiger partial charge in [0.15, 0.2) is 0 Å². The van der Waals surface area contributed by atoms with Gasteiger partial charge in [0.2, 0.25) is 0 Å². The van der Waals surface area contributed by atoms with Crippen molar-refractivity contribution in [3.63, 3.8) is 0 Å². The summed E-state index contributed by atoms with van der Waals surface area (Å²) in [5.41, 5.74) is 10.7. The van der Waals surface area contributed by atoms with E-state index >= 15 is 0 Å². The summed E-state index contributed by atoms with van der Waals surface area (Å²) in [4.78, 5) is 44.1. The number of thioether (sulfide) groups is 2. The number of carboxylic acid groups (broad SMARTS) is 2. The minimum absolute atomic E-state index is 0.291. The zero-order valence-electron chi connectivity index (χ0n) is 11.7. The van der Waals surface area contributed by atoms with Crippen LogP contribution in [-0.4, -0.2) is 75.9 Å². The van der Waals surface area contributed by atoms with E-state index in [2.05, 4.69) is 0 Å². The predicted octanol–water partition coefficient (Wildman–Crippen LogP) is -2.26. The van der Waals surface area contributed by atoms with Gasteiger partial charge < -0.3 is 21.7 Å². The summed E-state index contributed by atoms with van der Waals surface area (Å²) >= 11 is 1.46. The quantitative estimate of drug-likeness (QED) is 0.314. The lowest BCUT2D eigenvalue weighted by atomic mass is 10.4. The lowest BCUT2D eigenvalue weighted by Gasteiger charge is -2.12. The molecular weight excluding hydrogens is 372 g/mol. The first kappa shape index (κ1) is 21.9. The Bertz CT molecular complexity index is 533. The van der Waals surface area contributed by atoms with Crippen molar-refractivity contribution in [3.05, 3.63) is 0 Å². The van der Waals surface area contributed by atoms with Gasteiger partial charge in [-0.2, -0.15) is 0 Å². The SMILES string of the molecule is N[C@@H](CSCC(=O)O)C(=O)S(=O)(=O)C(=O)[C@@H](N)CSCC(=O)O. The molecule has 0 aliphatic heterocycles. The first-order valence-corrected chi connectivity index (χ1v) is 9.72. The van der Waals surface area contributed by atoms with Crippen LogP contribution >= 0.6 is 23.5 Å². The third-order valence-electron chi connectivity index (χ3n) is 2.18. The second-order valence-electron chi connectivity index (χ2n) is 4.17. The van der Waals surface area contributed by atoms with Crippen LogP contribution in [0, 0.1) is 0 Å². The van der Waals surface area contributed by atoms with E-state index in [0.29, 0.717) is 0 Å². The molecular formula is C10H16N2O8S3. The number of hydrogen-bond donors (Lipinski definition) is 4. The van der Waals surface area contributed by atoms with E-state index in [1.807, 2.05) is 0 Å². The lowest BCUT2D eigenvalue weighted by Crippen LogP contribution is -2.46. The number of sulfone groups is 1. The van der Waals surface area contributed by atoms with Gasteiger partial charge in [0.05, 0.1) is 23.6 Å². The van der Waals surface area contributed by atoms with Crippen molar-refractivity contribution >= 4 is 55.5 Å². The molecule has 10 nitrogen and oxygen atoms in total.